The van der Waals surface area contributed by atoms with Crippen LogP contribution in [0.4, 0.5) is 8.78 Å². The first-order valence-corrected chi connectivity index (χ1v) is 4.20. The number of hydrogen-bond donors (Lipinski definition) is 0. The maximum atomic E-state index is 13.1. The summed E-state index contributed by atoms with van der Waals surface area (Å²) < 4.78 is 25.8. The third-order valence-electron chi connectivity index (χ3n) is 1.95. The molecule has 13 heavy (non-hydrogen) atoms. The van der Waals surface area contributed by atoms with Crippen LogP contribution in [0, 0.1) is 17.6 Å². The van der Waals surface area contributed by atoms with Gasteiger partial charge in [0.15, 0.2) is 0 Å². The lowest BCUT2D eigenvalue weighted by molar-refractivity contribution is 0.571. The fourth-order valence-electron chi connectivity index (χ4n) is 1.13. The molecule has 0 bridgehead atoms. The van der Waals surface area contributed by atoms with Crippen molar-refractivity contribution in [3.05, 3.63) is 48.1 Å². The topological polar surface area (TPSA) is 0 Å². The third kappa shape index (κ3) is 2.65. The van der Waals surface area contributed by atoms with Crippen molar-refractivity contribution < 1.29 is 8.78 Å². The number of hydrogen-bond acceptors (Lipinski definition) is 0. The molecule has 70 valence electrons. The van der Waals surface area contributed by atoms with Gasteiger partial charge in [0, 0.05) is 0 Å². The molecule has 0 saturated heterocycles. The van der Waals surface area contributed by atoms with E-state index in [0.717, 1.165) is 12.1 Å². The SMILES string of the molecule is C=CC(C)Cc1cc(F)ccc1F. The normalized spacial score (nSPS) is 12.5. The van der Waals surface area contributed by atoms with E-state index in [-0.39, 0.29) is 11.7 Å². The molecule has 0 aliphatic rings. The minimum Gasteiger partial charge on any atom is -0.207 e. The summed E-state index contributed by atoms with van der Waals surface area (Å²) >= 11 is 0. The van der Waals surface area contributed by atoms with Crippen LogP contribution in [0.1, 0.15) is 12.5 Å². The molecule has 0 fully saturated rings. The maximum absolute atomic E-state index is 13.1. The van der Waals surface area contributed by atoms with Crippen LogP contribution in [0.3, 0.4) is 0 Å². The first kappa shape index (κ1) is 9.90. The number of halogens is 2. The van der Waals surface area contributed by atoms with E-state index in [2.05, 4.69) is 6.58 Å². The van der Waals surface area contributed by atoms with Gasteiger partial charge in [-0.05, 0) is 36.1 Å². The number of rotatable bonds is 3. The highest BCUT2D eigenvalue weighted by Gasteiger charge is 2.06. The zero-order valence-corrected chi connectivity index (χ0v) is 7.56. The lowest BCUT2D eigenvalue weighted by Crippen LogP contribution is -1.99. The Morgan fingerprint density at radius 1 is 1.46 bits per heavy atom. The summed E-state index contributed by atoms with van der Waals surface area (Å²) in [7, 11) is 0. The van der Waals surface area contributed by atoms with E-state index < -0.39 is 5.82 Å². The first-order chi connectivity index (χ1) is 6.13. The summed E-state index contributed by atoms with van der Waals surface area (Å²) in [6.07, 6.45) is 2.22. The Morgan fingerprint density at radius 3 is 2.77 bits per heavy atom. The highest BCUT2D eigenvalue weighted by atomic mass is 19.1. The van der Waals surface area contributed by atoms with Crippen LogP contribution in [0.25, 0.3) is 0 Å². The van der Waals surface area contributed by atoms with Crippen molar-refractivity contribution in [3.63, 3.8) is 0 Å². The van der Waals surface area contributed by atoms with Crippen molar-refractivity contribution in [3.8, 4) is 0 Å². The van der Waals surface area contributed by atoms with Crippen LogP contribution in [-0.4, -0.2) is 0 Å². The van der Waals surface area contributed by atoms with Gasteiger partial charge in [-0.15, -0.1) is 6.58 Å². The summed E-state index contributed by atoms with van der Waals surface area (Å²) in [5.74, 6) is -0.584. The molecule has 0 heterocycles. The quantitative estimate of drug-likeness (QED) is 0.629. The average molecular weight is 182 g/mol. The minimum atomic E-state index is -0.396. The molecule has 1 unspecified atom stereocenters. The van der Waals surface area contributed by atoms with E-state index in [1.807, 2.05) is 6.92 Å². The molecule has 0 amide bonds. The van der Waals surface area contributed by atoms with Crippen molar-refractivity contribution in [2.75, 3.05) is 0 Å². The lowest BCUT2D eigenvalue weighted by Gasteiger charge is -2.06. The van der Waals surface area contributed by atoms with Crippen LogP contribution >= 0.6 is 0 Å². The molecule has 1 rings (SSSR count). The molecule has 0 nitrogen and oxygen atoms in total. The summed E-state index contributed by atoms with van der Waals surface area (Å²) in [6.45, 7) is 5.51. The summed E-state index contributed by atoms with van der Waals surface area (Å²) in [6, 6.07) is 3.51. The highest BCUT2D eigenvalue weighted by molar-refractivity contribution is 5.19. The van der Waals surface area contributed by atoms with Crippen molar-refractivity contribution >= 4 is 0 Å². The first-order valence-electron chi connectivity index (χ1n) is 4.20. The molecule has 0 N–H and O–H groups in total. The van der Waals surface area contributed by atoms with E-state index in [1.54, 1.807) is 6.08 Å². The van der Waals surface area contributed by atoms with Gasteiger partial charge < -0.3 is 0 Å². The zero-order chi connectivity index (χ0) is 9.84. The van der Waals surface area contributed by atoms with Crippen LogP contribution in [-0.2, 0) is 6.42 Å². The van der Waals surface area contributed by atoms with Crippen LogP contribution < -0.4 is 0 Å². The summed E-state index contributed by atoms with van der Waals surface area (Å²) in [5, 5.41) is 0. The van der Waals surface area contributed by atoms with E-state index in [4.69, 9.17) is 0 Å². The van der Waals surface area contributed by atoms with Crippen LogP contribution in [0.5, 0.6) is 0 Å². The molecular formula is C11H12F2. The zero-order valence-electron chi connectivity index (χ0n) is 7.56. The average Bonchev–Trinajstić information content (AvgIpc) is 2.11. The molecule has 0 spiro atoms. The predicted molar refractivity (Wildman–Crippen MR) is 49.4 cm³/mol. The third-order valence-corrected chi connectivity index (χ3v) is 1.95. The van der Waals surface area contributed by atoms with Crippen molar-refractivity contribution in [2.45, 2.75) is 13.3 Å². The van der Waals surface area contributed by atoms with Crippen molar-refractivity contribution in [1.82, 2.24) is 0 Å². The molecule has 0 saturated carbocycles. The van der Waals surface area contributed by atoms with E-state index in [9.17, 15) is 8.78 Å². The summed E-state index contributed by atoms with van der Waals surface area (Å²) in [5.41, 5.74) is 0.410. The molecule has 1 atom stereocenters. The second-order valence-corrected chi connectivity index (χ2v) is 3.15. The molecular weight excluding hydrogens is 170 g/mol. The second kappa shape index (κ2) is 4.17. The predicted octanol–water partition coefficient (Wildman–Crippen LogP) is 3.33. The molecule has 0 aliphatic carbocycles. The van der Waals surface area contributed by atoms with Gasteiger partial charge in [0.05, 0.1) is 0 Å². The smallest absolute Gasteiger partial charge is 0.126 e. The molecule has 2 heteroatoms. The Bertz CT molecular complexity index is 305. The van der Waals surface area contributed by atoms with Gasteiger partial charge in [0.25, 0.3) is 0 Å². The van der Waals surface area contributed by atoms with E-state index in [0.29, 0.717) is 12.0 Å². The maximum Gasteiger partial charge on any atom is 0.126 e. The Morgan fingerprint density at radius 2 is 2.15 bits per heavy atom. The molecule has 0 radical (unpaired) electrons. The largest absolute Gasteiger partial charge is 0.207 e. The van der Waals surface area contributed by atoms with Gasteiger partial charge >= 0.3 is 0 Å². The Labute approximate surface area is 76.9 Å². The van der Waals surface area contributed by atoms with E-state index >= 15 is 0 Å². The van der Waals surface area contributed by atoms with Gasteiger partial charge in [0.1, 0.15) is 11.6 Å². The monoisotopic (exact) mass is 182 g/mol. The van der Waals surface area contributed by atoms with Crippen LogP contribution in [0.15, 0.2) is 30.9 Å². The second-order valence-electron chi connectivity index (χ2n) is 3.15. The van der Waals surface area contributed by atoms with Crippen LogP contribution in [0.2, 0.25) is 0 Å². The Kier molecular flexibility index (Phi) is 3.18. The Balaban J connectivity index is 2.86. The van der Waals surface area contributed by atoms with Gasteiger partial charge in [-0.2, -0.15) is 0 Å². The van der Waals surface area contributed by atoms with E-state index in [1.165, 1.54) is 6.07 Å². The van der Waals surface area contributed by atoms with Crippen molar-refractivity contribution in [2.24, 2.45) is 5.92 Å². The van der Waals surface area contributed by atoms with Crippen molar-refractivity contribution in [1.29, 1.82) is 0 Å². The van der Waals surface area contributed by atoms with Gasteiger partial charge in [-0.25, -0.2) is 8.78 Å². The van der Waals surface area contributed by atoms with Gasteiger partial charge in [-0.3, -0.25) is 0 Å². The molecule has 1 aromatic carbocycles. The number of benzene rings is 1. The molecule has 0 aromatic heterocycles. The standard InChI is InChI=1S/C11H12F2/c1-3-8(2)6-9-7-10(12)4-5-11(9)13/h3-5,7-8H,1,6H2,2H3. The summed E-state index contributed by atoms with van der Waals surface area (Å²) in [4.78, 5) is 0. The molecule has 1 aromatic rings. The highest BCUT2D eigenvalue weighted by Crippen LogP contribution is 2.14. The lowest BCUT2D eigenvalue weighted by atomic mass is 10.0. The Hall–Kier alpha value is -1.18. The fraction of sp³-hybridized carbons (Fsp3) is 0.273. The molecule has 0 aliphatic heterocycles. The van der Waals surface area contributed by atoms with Gasteiger partial charge in [-0.1, -0.05) is 13.0 Å². The number of allylic oxidation sites excluding steroid dienone is 1. The van der Waals surface area contributed by atoms with Gasteiger partial charge in [0.2, 0.25) is 0 Å². The minimum absolute atomic E-state index is 0.163. The fourth-order valence-corrected chi connectivity index (χ4v) is 1.13.